The van der Waals surface area contributed by atoms with Crippen molar-refractivity contribution in [2.24, 2.45) is 0 Å². The van der Waals surface area contributed by atoms with E-state index in [2.05, 4.69) is 0 Å². The van der Waals surface area contributed by atoms with Crippen molar-refractivity contribution in [1.82, 2.24) is 4.98 Å². The van der Waals surface area contributed by atoms with Gasteiger partial charge in [0.25, 0.3) is 0 Å². The maximum atomic E-state index is 15.0. The van der Waals surface area contributed by atoms with E-state index >= 15 is 4.57 Å². The quantitative estimate of drug-likeness (QED) is 0.230. The lowest BCUT2D eigenvalue weighted by Gasteiger charge is -2.21. The Morgan fingerprint density at radius 3 is 1.94 bits per heavy atom. The van der Waals surface area contributed by atoms with Crippen LogP contribution in [0.2, 0.25) is 0 Å². The number of fused-ring (bicyclic) bond motifs is 3. The minimum atomic E-state index is -3.35. The van der Waals surface area contributed by atoms with Gasteiger partial charge < -0.3 is 9.30 Å². The fourth-order valence-electron chi connectivity index (χ4n) is 4.09. The normalized spacial score (nSPS) is 11.5. The summed E-state index contributed by atoms with van der Waals surface area (Å²) in [4.78, 5) is 17.2. The van der Waals surface area contributed by atoms with Crippen LogP contribution in [0.3, 0.4) is 0 Å². The van der Waals surface area contributed by atoms with Crippen molar-refractivity contribution in [3.63, 3.8) is 0 Å². The van der Waals surface area contributed by atoms with Crippen LogP contribution in [0.4, 0.5) is 0 Å². The van der Waals surface area contributed by atoms with Crippen molar-refractivity contribution >= 4 is 50.8 Å². The van der Waals surface area contributed by atoms with Gasteiger partial charge in [-0.3, -0.25) is 0 Å². The lowest BCUT2D eigenvalue weighted by molar-refractivity contribution is 0.0601. The zero-order chi connectivity index (χ0) is 22.1. The van der Waals surface area contributed by atoms with Gasteiger partial charge in [-0.2, -0.15) is 0 Å². The van der Waals surface area contributed by atoms with Gasteiger partial charge in [0.05, 0.1) is 18.2 Å². The highest BCUT2D eigenvalue weighted by atomic mass is 31.2. The number of rotatable bonds is 4. The Hall–Kier alpha value is -3.75. The number of methoxy groups -OCH3 is 1. The zero-order valence-electron chi connectivity index (χ0n) is 17.4. The van der Waals surface area contributed by atoms with E-state index in [0.717, 1.165) is 16.3 Å². The van der Waals surface area contributed by atoms with Crippen molar-refractivity contribution in [3.05, 3.63) is 109 Å². The third-order valence-electron chi connectivity index (χ3n) is 5.64. The number of benzene rings is 4. The highest BCUT2D eigenvalue weighted by Crippen LogP contribution is 2.44. The van der Waals surface area contributed by atoms with Gasteiger partial charge in [0.2, 0.25) is 0 Å². The molecule has 0 aliphatic heterocycles. The van der Waals surface area contributed by atoms with Crippen LogP contribution in [0, 0.1) is 0 Å². The topological polar surface area (TPSA) is 56.3 Å². The molecule has 0 amide bonds. The van der Waals surface area contributed by atoms with E-state index < -0.39 is 13.1 Å². The summed E-state index contributed by atoms with van der Waals surface area (Å²) in [5.41, 5.74) is 1.62. The van der Waals surface area contributed by atoms with Gasteiger partial charge >= 0.3 is 5.97 Å². The predicted molar refractivity (Wildman–Crippen MR) is 130 cm³/mol. The number of hydrogen-bond donors (Lipinski definition) is 0. The van der Waals surface area contributed by atoms with Crippen LogP contribution in [0.15, 0.2) is 103 Å². The molecule has 0 fully saturated rings. The van der Waals surface area contributed by atoms with Crippen LogP contribution in [-0.4, -0.2) is 18.1 Å². The van der Waals surface area contributed by atoms with E-state index in [1.54, 1.807) is 12.1 Å². The number of pyridine rings is 1. The van der Waals surface area contributed by atoms with Crippen LogP contribution in [0.25, 0.3) is 21.7 Å². The molecule has 0 spiro atoms. The highest BCUT2D eigenvalue weighted by Gasteiger charge is 2.33. The molecule has 0 aliphatic rings. The van der Waals surface area contributed by atoms with Gasteiger partial charge in [0, 0.05) is 21.4 Å². The maximum absolute atomic E-state index is 15.0. The summed E-state index contributed by atoms with van der Waals surface area (Å²) in [5.74, 6) is -0.444. The Kier molecular flexibility index (Phi) is 5.08. The fraction of sp³-hybridized carbons (Fsp3) is 0.0370. The SMILES string of the molecule is COC(=O)c1ccc2c(c1)c(P(=O)(c1ccccc1)c1ccccc1)nc1ccccc12. The Balaban J connectivity index is 1.95. The molecule has 0 aliphatic carbocycles. The first-order valence-corrected chi connectivity index (χ1v) is 12.0. The average Bonchev–Trinajstić information content (AvgIpc) is 2.88. The molecule has 0 saturated heterocycles. The molecule has 1 heterocycles. The monoisotopic (exact) mass is 437 g/mol. The average molecular weight is 437 g/mol. The van der Waals surface area contributed by atoms with Crippen LogP contribution >= 0.6 is 7.14 Å². The molecule has 0 atom stereocenters. The summed E-state index contributed by atoms with van der Waals surface area (Å²) in [6.07, 6.45) is 0. The van der Waals surface area contributed by atoms with Gasteiger partial charge in [0.1, 0.15) is 5.44 Å². The third-order valence-corrected chi connectivity index (χ3v) is 8.63. The molecule has 0 unspecified atom stereocenters. The molecule has 0 saturated carbocycles. The first-order valence-electron chi connectivity index (χ1n) is 10.3. The molecule has 5 rings (SSSR count). The van der Waals surface area contributed by atoms with Crippen molar-refractivity contribution in [3.8, 4) is 0 Å². The van der Waals surface area contributed by atoms with E-state index in [9.17, 15) is 4.79 Å². The standard InChI is InChI=1S/C27H20NO3P/c1-31-27(29)19-16-17-22-23-14-8-9-15-25(23)28-26(24(22)18-19)32(30,20-10-4-2-5-11-20)21-12-6-3-7-13-21/h2-18H,1H3. The number of nitrogens with zero attached hydrogens (tertiary/aromatic N) is 1. The van der Waals surface area contributed by atoms with Crippen LogP contribution in [0.5, 0.6) is 0 Å². The summed E-state index contributed by atoms with van der Waals surface area (Å²) in [5, 5.41) is 3.90. The van der Waals surface area contributed by atoms with Crippen LogP contribution in [-0.2, 0) is 9.30 Å². The molecule has 5 aromatic rings. The predicted octanol–water partition coefficient (Wildman–Crippen LogP) is 4.81. The molecular weight excluding hydrogens is 417 g/mol. The van der Waals surface area contributed by atoms with Gasteiger partial charge in [-0.25, -0.2) is 9.78 Å². The van der Waals surface area contributed by atoms with E-state index in [1.807, 2.05) is 91.0 Å². The van der Waals surface area contributed by atoms with Crippen molar-refractivity contribution in [2.45, 2.75) is 0 Å². The fourth-order valence-corrected chi connectivity index (χ4v) is 6.84. The van der Waals surface area contributed by atoms with Gasteiger partial charge in [0.15, 0.2) is 7.14 Å². The molecule has 0 bridgehead atoms. The van der Waals surface area contributed by atoms with Crippen molar-refractivity contribution in [2.75, 3.05) is 7.11 Å². The molecule has 32 heavy (non-hydrogen) atoms. The second-order valence-corrected chi connectivity index (χ2v) is 10.2. The van der Waals surface area contributed by atoms with E-state index in [1.165, 1.54) is 7.11 Å². The number of ether oxygens (including phenoxy) is 1. The smallest absolute Gasteiger partial charge is 0.337 e. The molecule has 0 radical (unpaired) electrons. The van der Waals surface area contributed by atoms with Gasteiger partial charge in [-0.1, -0.05) is 84.9 Å². The summed E-state index contributed by atoms with van der Waals surface area (Å²) in [6.45, 7) is 0. The lowest BCUT2D eigenvalue weighted by atomic mass is 10.0. The van der Waals surface area contributed by atoms with Crippen molar-refractivity contribution in [1.29, 1.82) is 0 Å². The molecule has 1 aromatic heterocycles. The summed E-state index contributed by atoms with van der Waals surface area (Å²) in [6, 6.07) is 32.0. The number of esters is 1. The Labute approximate surface area is 185 Å². The highest BCUT2D eigenvalue weighted by molar-refractivity contribution is 7.85. The summed E-state index contributed by atoms with van der Waals surface area (Å²) < 4.78 is 20.0. The van der Waals surface area contributed by atoms with E-state index in [-0.39, 0.29) is 0 Å². The molecule has 156 valence electrons. The Morgan fingerprint density at radius 1 is 0.719 bits per heavy atom. The van der Waals surface area contributed by atoms with Crippen LogP contribution < -0.4 is 16.0 Å². The molecular formula is C27H20NO3P. The Bertz CT molecular complexity index is 1450. The number of carbonyl (C=O) groups is 1. The molecule has 5 heteroatoms. The van der Waals surface area contributed by atoms with Crippen LogP contribution in [0.1, 0.15) is 10.4 Å². The molecule has 4 aromatic carbocycles. The number of para-hydroxylation sites is 1. The zero-order valence-corrected chi connectivity index (χ0v) is 18.3. The number of carbonyl (C=O) groups excluding carboxylic acids is 1. The second-order valence-electron chi connectivity index (χ2n) is 7.48. The van der Waals surface area contributed by atoms with E-state index in [4.69, 9.17) is 9.72 Å². The first kappa shape index (κ1) is 20.2. The minimum Gasteiger partial charge on any atom is -0.465 e. The van der Waals surface area contributed by atoms with Crippen molar-refractivity contribution < 1.29 is 14.1 Å². The molecule has 0 N–H and O–H groups in total. The van der Waals surface area contributed by atoms with E-state index in [0.29, 0.717) is 27.0 Å². The largest absolute Gasteiger partial charge is 0.465 e. The minimum absolute atomic E-state index is 0.394. The van der Waals surface area contributed by atoms with Gasteiger partial charge in [-0.05, 0) is 23.6 Å². The maximum Gasteiger partial charge on any atom is 0.337 e. The second kappa shape index (κ2) is 8.07. The van der Waals surface area contributed by atoms with Gasteiger partial charge in [-0.15, -0.1) is 0 Å². The summed E-state index contributed by atoms with van der Waals surface area (Å²) in [7, 11) is -2.00. The number of aromatic nitrogens is 1. The molecule has 4 nitrogen and oxygen atoms in total. The number of hydrogen-bond acceptors (Lipinski definition) is 4. The summed E-state index contributed by atoms with van der Waals surface area (Å²) >= 11 is 0. The Morgan fingerprint density at radius 2 is 1.31 bits per heavy atom. The third kappa shape index (κ3) is 3.21. The first-order chi connectivity index (χ1) is 15.6. The lowest BCUT2D eigenvalue weighted by Crippen LogP contribution is -2.28.